The van der Waals surface area contributed by atoms with Crippen molar-refractivity contribution in [2.45, 2.75) is 6.92 Å². The molecule has 3 aromatic rings. The number of phenolic OH excluding ortho intramolecular Hbond substituents is 1. The summed E-state index contributed by atoms with van der Waals surface area (Å²) in [6.07, 6.45) is 0. The maximum atomic E-state index is 13.4. The van der Waals surface area contributed by atoms with Gasteiger partial charge in [0.2, 0.25) is 5.82 Å². The van der Waals surface area contributed by atoms with Gasteiger partial charge >= 0.3 is 0 Å². The van der Waals surface area contributed by atoms with E-state index in [1.807, 2.05) is 0 Å². The van der Waals surface area contributed by atoms with Crippen LogP contribution in [0.1, 0.15) is 5.56 Å². The van der Waals surface area contributed by atoms with Crippen molar-refractivity contribution in [3.05, 3.63) is 52.3 Å². The molecular weight excluding hydrogens is 339 g/mol. The van der Waals surface area contributed by atoms with Crippen molar-refractivity contribution in [1.29, 1.82) is 0 Å². The largest absolute Gasteiger partial charge is 0.508 e. The Hall–Kier alpha value is -2.21. The number of benzene rings is 2. The van der Waals surface area contributed by atoms with Gasteiger partial charge in [-0.1, -0.05) is 21.1 Å². The average Bonchev–Trinajstić information content (AvgIpc) is 2.90. The SMILES string of the molecule is Cc1cc(-c2nc(-c3cc(F)cc(Br)c3)no2)ccc1O. The van der Waals surface area contributed by atoms with Crippen LogP contribution in [0.2, 0.25) is 0 Å². The molecule has 21 heavy (non-hydrogen) atoms. The summed E-state index contributed by atoms with van der Waals surface area (Å²) < 4.78 is 19.2. The van der Waals surface area contributed by atoms with Gasteiger partial charge in [0.25, 0.3) is 5.89 Å². The number of hydrogen-bond acceptors (Lipinski definition) is 4. The van der Waals surface area contributed by atoms with Gasteiger partial charge in [-0.2, -0.15) is 4.98 Å². The van der Waals surface area contributed by atoms with Crippen LogP contribution in [0.4, 0.5) is 4.39 Å². The van der Waals surface area contributed by atoms with Gasteiger partial charge in [-0.15, -0.1) is 0 Å². The zero-order valence-electron chi connectivity index (χ0n) is 11.0. The van der Waals surface area contributed by atoms with E-state index in [9.17, 15) is 9.50 Å². The second kappa shape index (κ2) is 5.29. The molecule has 1 aromatic heterocycles. The number of phenols is 1. The molecule has 106 valence electrons. The number of hydrogen-bond donors (Lipinski definition) is 1. The highest BCUT2D eigenvalue weighted by atomic mass is 79.9. The third-order valence-electron chi connectivity index (χ3n) is 2.99. The minimum atomic E-state index is -0.383. The summed E-state index contributed by atoms with van der Waals surface area (Å²) in [6, 6.07) is 9.39. The van der Waals surface area contributed by atoms with Crippen LogP contribution in [0.3, 0.4) is 0 Å². The topological polar surface area (TPSA) is 59.2 Å². The number of nitrogens with zero attached hydrogens (tertiary/aromatic N) is 2. The molecule has 3 rings (SSSR count). The molecule has 0 unspecified atom stereocenters. The molecule has 0 spiro atoms. The van der Waals surface area contributed by atoms with Crippen LogP contribution in [0.15, 0.2) is 45.4 Å². The van der Waals surface area contributed by atoms with Crippen LogP contribution < -0.4 is 0 Å². The van der Waals surface area contributed by atoms with Crippen molar-refractivity contribution in [2.24, 2.45) is 0 Å². The van der Waals surface area contributed by atoms with E-state index in [2.05, 4.69) is 26.1 Å². The summed E-state index contributed by atoms with van der Waals surface area (Å²) in [4.78, 5) is 4.26. The Bertz CT molecular complexity index is 797. The zero-order chi connectivity index (χ0) is 15.0. The monoisotopic (exact) mass is 348 g/mol. The van der Waals surface area contributed by atoms with E-state index in [1.165, 1.54) is 12.1 Å². The number of halogens is 2. The van der Waals surface area contributed by atoms with Crippen LogP contribution in [0.25, 0.3) is 22.8 Å². The third-order valence-corrected chi connectivity index (χ3v) is 3.45. The first-order chi connectivity index (χ1) is 10.0. The minimum absolute atomic E-state index is 0.201. The number of aromatic hydroxyl groups is 1. The van der Waals surface area contributed by atoms with Crippen molar-refractivity contribution in [3.63, 3.8) is 0 Å². The molecule has 0 fully saturated rings. The Labute approximate surface area is 128 Å². The van der Waals surface area contributed by atoms with E-state index >= 15 is 0 Å². The highest BCUT2D eigenvalue weighted by molar-refractivity contribution is 9.10. The van der Waals surface area contributed by atoms with E-state index < -0.39 is 0 Å². The van der Waals surface area contributed by atoms with Crippen LogP contribution in [0, 0.1) is 12.7 Å². The average molecular weight is 349 g/mol. The summed E-state index contributed by atoms with van der Waals surface area (Å²) in [6.45, 7) is 1.78. The van der Waals surface area contributed by atoms with E-state index in [1.54, 1.807) is 31.2 Å². The lowest BCUT2D eigenvalue weighted by Crippen LogP contribution is -1.84. The summed E-state index contributed by atoms with van der Waals surface area (Å²) in [7, 11) is 0. The van der Waals surface area contributed by atoms with Crippen molar-refractivity contribution >= 4 is 15.9 Å². The fourth-order valence-corrected chi connectivity index (χ4v) is 2.39. The van der Waals surface area contributed by atoms with Gasteiger partial charge in [0, 0.05) is 15.6 Å². The first-order valence-electron chi connectivity index (χ1n) is 6.13. The summed E-state index contributed by atoms with van der Waals surface area (Å²) >= 11 is 3.23. The smallest absolute Gasteiger partial charge is 0.258 e. The van der Waals surface area contributed by atoms with Crippen molar-refractivity contribution in [1.82, 2.24) is 10.1 Å². The molecule has 1 N–H and O–H groups in total. The Morgan fingerprint density at radius 2 is 1.95 bits per heavy atom. The minimum Gasteiger partial charge on any atom is -0.508 e. The molecule has 0 atom stereocenters. The highest BCUT2D eigenvalue weighted by Crippen LogP contribution is 2.27. The number of rotatable bonds is 2. The summed E-state index contributed by atoms with van der Waals surface area (Å²) in [5, 5.41) is 13.4. The zero-order valence-corrected chi connectivity index (χ0v) is 12.6. The van der Waals surface area contributed by atoms with Crippen LogP contribution >= 0.6 is 15.9 Å². The van der Waals surface area contributed by atoms with E-state index in [0.29, 0.717) is 32.9 Å². The summed E-state index contributed by atoms with van der Waals surface area (Å²) in [5.41, 5.74) is 1.92. The van der Waals surface area contributed by atoms with Gasteiger partial charge in [0.15, 0.2) is 0 Å². The predicted octanol–water partition coefficient (Wildman–Crippen LogP) is 4.32. The van der Waals surface area contributed by atoms with Gasteiger partial charge in [-0.25, -0.2) is 4.39 Å². The lowest BCUT2D eigenvalue weighted by Gasteiger charge is -1.99. The van der Waals surface area contributed by atoms with Crippen molar-refractivity contribution in [3.8, 4) is 28.6 Å². The maximum absolute atomic E-state index is 13.4. The molecule has 0 amide bonds. The summed E-state index contributed by atoms with van der Waals surface area (Å²) in [5.74, 6) is 0.433. The predicted molar refractivity (Wildman–Crippen MR) is 79.2 cm³/mol. The highest BCUT2D eigenvalue weighted by Gasteiger charge is 2.12. The lowest BCUT2D eigenvalue weighted by molar-refractivity contribution is 0.432. The Kier molecular flexibility index (Phi) is 3.47. The van der Waals surface area contributed by atoms with E-state index in [4.69, 9.17) is 4.52 Å². The standard InChI is InChI=1S/C15H10BrFN2O2/c1-8-4-9(2-3-13(8)20)15-18-14(19-21-15)10-5-11(16)7-12(17)6-10/h2-7,20H,1H3. The molecular formula is C15H10BrFN2O2. The first kappa shape index (κ1) is 13.8. The number of aromatic nitrogens is 2. The third kappa shape index (κ3) is 2.80. The quantitative estimate of drug-likeness (QED) is 0.749. The van der Waals surface area contributed by atoms with Crippen LogP contribution in [-0.2, 0) is 0 Å². The molecule has 0 aliphatic heterocycles. The molecule has 6 heteroatoms. The van der Waals surface area contributed by atoms with Crippen LogP contribution in [-0.4, -0.2) is 15.2 Å². The van der Waals surface area contributed by atoms with Crippen LogP contribution in [0.5, 0.6) is 5.75 Å². The molecule has 0 saturated carbocycles. The molecule has 2 aromatic carbocycles. The normalized spacial score (nSPS) is 10.8. The lowest BCUT2D eigenvalue weighted by atomic mass is 10.1. The van der Waals surface area contributed by atoms with Crippen molar-refractivity contribution < 1.29 is 14.0 Å². The molecule has 4 nitrogen and oxygen atoms in total. The Balaban J connectivity index is 2.01. The fourth-order valence-electron chi connectivity index (χ4n) is 1.93. The molecule has 0 bridgehead atoms. The molecule has 0 aliphatic rings. The van der Waals surface area contributed by atoms with Gasteiger partial charge < -0.3 is 9.63 Å². The molecule has 0 saturated heterocycles. The number of aryl methyl sites for hydroxylation is 1. The fraction of sp³-hybridized carbons (Fsp3) is 0.0667. The van der Waals surface area contributed by atoms with Gasteiger partial charge in [0.1, 0.15) is 11.6 Å². The van der Waals surface area contributed by atoms with Crippen molar-refractivity contribution in [2.75, 3.05) is 0 Å². The van der Waals surface area contributed by atoms with Gasteiger partial charge in [-0.05, 0) is 48.9 Å². The van der Waals surface area contributed by atoms with E-state index in [0.717, 1.165) is 0 Å². The maximum Gasteiger partial charge on any atom is 0.258 e. The molecule has 0 radical (unpaired) electrons. The Morgan fingerprint density at radius 3 is 2.67 bits per heavy atom. The Morgan fingerprint density at radius 1 is 1.14 bits per heavy atom. The second-order valence-corrected chi connectivity index (χ2v) is 5.50. The van der Waals surface area contributed by atoms with Gasteiger partial charge in [0.05, 0.1) is 0 Å². The second-order valence-electron chi connectivity index (χ2n) is 4.58. The molecule has 1 heterocycles. The first-order valence-corrected chi connectivity index (χ1v) is 6.92. The van der Waals surface area contributed by atoms with Gasteiger partial charge in [-0.3, -0.25) is 0 Å². The molecule has 0 aliphatic carbocycles. The van der Waals surface area contributed by atoms with E-state index in [-0.39, 0.29) is 11.6 Å².